The maximum Gasteiger partial charge on any atom is 0.130 e. The van der Waals surface area contributed by atoms with Gasteiger partial charge in [0.2, 0.25) is 0 Å². The summed E-state index contributed by atoms with van der Waals surface area (Å²) in [5.74, 6) is 1.88. The second-order valence-electron chi connectivity index (χ2n) is 6.52. The molecule has 0 radical (unpaired) electrons. The van der Waals surface area contributed by atoms with Gasteiger partial charge in [-0.25, -0.2) is 0 Å². The molecule has 2 aromatic rings. The van der Waals surface area contributed by atoms with Gasteiger partial charge in [0.1, 0.15) is 23.7 Å². The molecule has 0 saturated carbocycles. The van der Waals surface area contributed by atoms with Gasteiger partial charge in [-0.05, 0) is 62.4 Å². The van der Waals surface area contributed by atoms with Gasteiger partial charge in [-0.2, -0.15) is 0 Å². The number of fused-ring (bicyclic) bond motifs is 1. The van der Waals surface area contributed by atoms with Gasteiger partial charge in [0.25, 0.3) is 0 Å². The zero-order chi connectivity index (χ0) is 16.4. The fourth-order valence-electron chi connectivity index (χ4n) is 3.04. The van der Waals surface area contributed by atoms with Crippen molar-refractivity contribution in [3.63, 3.8) is 0 Å². The molecule has 23 heavy (non-hydrogen) atoms. The van der Waals surface area contributed by atoms with Crippen LogP contribution in [0.15, 0.2) is 49.1 Å². The zero-order valence-electron chi connectivity index (χ0n) is 14.2. The molecule has 2 nitrogen and oxygen atoms in total. The van der Waals surface area contributed by atoms with Crippen LogP contribution in [0.2, 0.25) is 0 Å². The fraction of sp³-hybridized carbons (Fsp3) is 0.333. The molecule has 1 atom stereocenters. The van der Waals surface area contributed by atoms with Crippen molar-refractivity contribution in [2.75, 3.05) is 0 Å². The molecule has 0 saturated heterocycles. The van der Waals surface area contributed by atoms with E-state index >= 15 is 0 Å². The molecule has 0 bridgehead atoms. The Morgan fingerprint density at radius 1 is 1.26 bits per heavy atom. The Morgan fingerprint density at radius 2 is 2.00 bits per heavy atom. The van der Waals surface area contributed by atoms with E-state index in [4.69, 9.17) is 9.47 Å². The molecule has 1 heterocycles. The van der Waals surface area contributed by atoms with Crippen LogP contribution >= 0.6 is 0 Å². The molecule has 0 aromatic heterocycles. The average molecular weight is 308 g/mol. The predicted octanol–water partition coefficient (Wildman–Crippen LogP) is 5.15. The van der Waals surface area contributed by atoms with E-state index in [-0.39, 0.29) is 5.60 Å². The van der Waals surface area contributed by atoms with Crippen molar-refractivity contribution in [1.82, 2.24) is 0 Å². The van der Waals surface area contributed by atoms with Crippen molar-refractivity contribution in [2.45, 2.75) is 45.8 Å². The summed E-state index contributed by atoms with van der Waals surface area (Å²) in [5, 5.41) is 0. The minimum atomic E-state index is -0.289. The Hall–Kier alpha value is -2.22. The summed E-state index contributed by atoms with van der Waals surface area (Å²) in [6, 6.07) is 12.4. The molecule has 0 fully saturated rings. The quantitative estimate of drug-likeness (QED) is 0.727. The highest BCUT2D eigenvalue weighted by molar-refractivity contribution is 5.54. The topological polar surface area (TPSA) is 18.5 Å². The highest BCUT2D eigenvalue weighted by Gasteiger charge is 2.31. The van der Waals surface area contributed by atoms with Gasteiger partial charge >= 0.3 is 0 Å². The van der Waals surface area contributed by atoms with Crippen molar-refractivity contribution >= 4 is 0 Å². The van der Waals surface area contributed by atoms with Crippen LogP contribution in [0.3, 0.4) is 0 Å². The van der Waals surface area contributed by atoms with Crippen molar-refractivity contribution in [3.05, 3.63) is 71.3 Å². The molecule has 2 heteroatoms. The number of hydrogen-bond donors (Lipinski definition) is 0. The van der Waals surface area contributed by atoms with Crippen molar-refractivity contribution in [2.24, 2.45) is 0 Å². The summed E-state index contributed by atoms with van der Waals surface area (Å²) in [4.78, 5) is 0. The van der Waals surface area contributed by atoms with E-state index in [1.165, 1.54) is 16.7 Å². The summed E-state index contributed by atoms with van der Waals surface area (Å²) < 4.78 is 12.3. The molecule has 0 spiro atoms. The second-order valence-corrected chi connectivity index (χ2v) is 6.52. The van der Waals surface area contributed by atoms with Gasteiger partial charge < -0.3 is 9.47 Å². The number of aryl methyl sites for hydroxylation is 1. The molecule has 120 valence electrons. The smallest absolute Gasteiger partial charge is 0.130 e. The Morgan fingerprint density at radius 3 is 2.70 bits per heavy atom. The zero-order valence-corrected chi connectivity index (χ0v) is 14.2. The first-order chi connectivity index (χ1) is 11.0. The average Bonchev–Trinajstić information content (AvgIpc) is 2.57. The molecule has 2 aromatic carbocycles. The third kappa shape index (κ3) is 3.12. The standard InChI is InChI=1S/C21H24O2/c1-5-21(4)12-11-18-15(2)13-19(16(3)20(18)23-21)22-14-17-9-7-6-8-10-17/h5-10,13H,1,11-12,14H2,2-4H3/t21-/m1/s1. The van der Waals surface area contributed by atoms with Crippen LogP contribution in [0, 0.1) is 13.8 Å². The summed E-state index contributed by atoms with van der Waals surface area (Å²) >= 11 is 0. The van der Waals surface area contributed by atoms with E-state index in [0.717, 1.165) is 29.9 Å². The highest BCUT2D eigenvalue weighted by Crippen LogP contribution is 2.42. The Kier molecular flexibility index (Phi) is 4.16. The predicted molar refractivity (Wildman–Crippen MR) is 94.2 cm³/mol. The third-order valence-corrected chi connectivity index (χ3v) is 4.68. The molecule has 0 N–H and O–H groups in total. The van der Waals surface area contributed by atoms with Crippen molar-refractivity contribution < 1.29 is 9.47 Å². The summed E-state index contributed by atoms with van der Waals surface area (Å²) in [6.07, 6.45) is 3.89. The van der Waals surface area contributed by atoms with Gasteiger partial charge in [0.15, 0.2) is 0 Å². The van der Waals surface area contributed by atoms with E-state index < -0.39 is 0 Å². The molecular weight excluding hydrogens is 284 g/mol. The van der Waals surface area contributed by atoms with Crippen LogP contribution < -0.4 is 9.47 Å². The molecular formula is C21H24O2. The molecule has 0 aliphatic carbocycles. The molecule has 0 amide bonds. The molecule has 3 rings (SSSR count). The largest absolute Gasteiger partial charge is 0.488 e. The van der Waals surface area contributed by atoms with Crippen LogP contribution in [0.5, 0.6) is 11.5 Å². The highest BCUT2D eigenvalue weighted by atomic mass is 16.5. The fourth-order valence-corrected chi connectivity index (χ4v) is 3.04. The SMILES string of the molecule is C=C[C@]1(C)CCc2c(C)cc(OCc3ccccc3)c(C)c2O1. The first kappa shape index (κ1) is 15.7. The normalized spacial score (nSPS) is 19.6. The van der Waals surface area contributed by atoms with Gasteiger partial charge in [-0.3, -0.25) is 0 Å². The molecule has 1 aliphatic heterocycles. The third-order valence-electron chi connectivity index (χ3n) is 4.68. The first-order valence-electron chi connectivity index (χ1n) is 8.15. The van der Waals surface area contributed by atoms with Crippen LogP contribution in [-0.2, 0) is 13.0 Å². The number of benzene rings is 2. The van der Waals surface area contributed by atoms with E-state index in [9.17, 15) is 0 Å². The van der Waals surface area contributed by atoms with E-state index in [2.05, 4.69) is 45.5 Å². The van der Waals surface area contributed by atoms with Gasteiger partial charge in [0.05, 0.1) is 0 Å². The first-order valence-corrected chi connectivity index (χ1v) is 8.15. The summed E-state index contributed by atoms with van der Waals surface area (Å²) in [6.45, 7) is 10.8. The second kappa shape index (κ2) is 6.11. The Bertz CT molecular complexity index is 718. The van der Waals surface area contributed by atoms with E-state index in [1.54, 1.807) is 0 Å². The molecule has 0 unspecified atom stereocenters. The van der Waals surface area contributed by atoms with Gasteiger partial charge in [-0.15, -0.1) is 0 Å². The van der Waals surface area contributed by atoms with Gasteiger partial charge in [0, 0.05) is 5.56 Å². The molecule has 1 aliphatic rings. The van der Waals surface area contributed by atoms with Crippen LogP contribution in [0.4, 0.5) is 0 Å². The maximum atomic E-state index is 6.27. The van der Waals surface area contributed by atoms with Crippen molar-refractivity contribution in [1.29, 1.82) is 0 Å². The Balaban J connectivity index is 1.89. The lowest BCUT2D eigenvalue weighted by atomic mass is 9.89. The summed E-state index contributed by atoms with van der Waals surface area (Å²) in [7, 11) is 0. The lowest BCUT2D eigenvalue weighted by Crippen LogP contribution is -2.34. The monoisotopic (exact) mass is 308 g/mol. The van der Waals surface area contributed by atoms with Gasteiger partial charge in [-0.1, -0.05) is 36.9 Å². The van der Waals surface area contributed by atoms with Crippen LogP contribution in [-0.4, -0.2) is 5.60 Å². The number of hydrogen-bond acceptors (Lipinski definition) is 2. The van der Waals surface area contributed by atoms with E-state index in [1.807, 2.05) is 24.3 Å². The lowest BCUT2D eigenvalue weighted by molar-refractivity contribution is 0.112. The lowest BCUT2D eigenvalue weighted by Gasteiger charge is -2.35. The number of rotatable bonds is 4. The van der Waals surface area contributed by atoms with Crippen LogP contribution in [0.25, 0.3) is 0 Å². The summed E-state index contributed by atoms with van der Waals surface area (Å²) in [5.41, 5.74) is 4.49. The minimum absolute atomic E-state index is 0.289. The Labute approximate surface area is 138 Å². The minimum Gasteiger partial charge on any atom is -0.488 e. The maximum absolute atomic E-state index is 6.27. The number of ether oxygens (including phenoxy) is 2. The van der Waals surface area contributed by atoms with Crippen molar-refractivity contribution in [3.8, 4) is 11.5 Å². The van der Waals surface area contributed by atoms with E-state index in [0.29, 0.717) is 6.61 Å². The van der Waals surface area contributed by atoms with Crippen LogP contribution in [0.1, 0.15) is 35.6 Å².